The topological polar surface area (TPSA) is 69.7 Å². The molecule has 0 saturated carbocycles. The average molecular weight is 310 g/mol. The van der Waals surface area contributed by atoms with E-state index in [1.54, 1.807) is 36.4 Å². The summed E-state index contributed by atoms with van der Waals surface area (Å²) in [5.74, 6) is -1.51. The lowest BCUT2D eigenvalue weighted by Crippen LogP contribution is -2.23. The minimum absolute atomic E-state index is 0.209. The van der Waals surface area contributed by atoms with Crippen molar-refractivity contribution in [3.8, 4) is 0 Å². The molecular weight excluding hydrogens is 296 g/mol. The van der Waals surface area contributed by atoms with Crippen LogP contribution in [-0.4, -0.2) is 31.9 Å². The first-order valence-electron chi connectivity index (χ1n) is 7.03. The molecule has 116 valence electrons. The molecule has 0 saturated heterocycles. The van der Waals surface area contributed by atoms with Gasteiger partial charge in [0, 0.05) is 11.1 Å². The van der Waals surface area contributed by atoms with Gasteiger partial charge < -0.3 is 9.47 Å². The Balaban J connectivity index is 2.23. The third-order valence-electron chi connectivity index (χ3n) is 3.95. The van der Waals surface area contributed by atoms with Crippen molar-refractivity contribution in [1.29, 1.82) is 0 Å². The zero-order valence-electron chi connectivity index (χ0n) is 12.7. The van der Waals surface area contributed by atoms with Crippen LogP contribution in [-0.2, 0) is 15.9 Å². The third kappa shape index (κ3) is 2.30. The van der Waals surface area contributed by atoms with Crippen LogP contribution in [0.3, 0.4) is 0 Å². The van der Waals surface area contributed by atoms with Gasteiger partial charge in [-0.05, 0) is 29.7 Å². The van der Waals surface area contributed by atoms with Crippen LogP contribution >= 0.6 is 0 Å². The quantitative estimate of drug-likeness (QED) is 0.680. The monoisotopic (exact) mass is 310 g/mol. The van der Waals surface area contributed by atoms with Crippen molar-refractivity contribution >= 4 is 17.7 Å². The van der Waals surface area contributed by atoms with Gasteiger partial charge in [-0.15, -0.1) is 0 Å². The smallest absolute Gasteiger partial charge is 0.338 e. The van der Waals surface area contributed by atoms with E-state index in [9.17, 15) is 14.4 Å². The molecule has 0 atom stereocenters. The summed E-state index contributed by atoms with van der Waals surface area (Å²) in [6.45, 7) is 0. The summed E-state index contributed by atoms with van der Waals surface area (Å²) in [6, 6.07) is 10.1. The Morgan fingerprint density at radius 1 is 0.826 bits per heavy atom. The molecule has 5 nitrogen and oxygen atoms in total. The van der Waals surface area contributed by atoms with Gasteiger partial charge in [0.1, 0.15) is 0 Å². The van der Waals surface area contributed by atoms with Crippen molar-refractivity contribution in [2.45, 2.75) is 6.42 Å². The number of carbonyl (C=O) groups is 3. The Hall–Kier alpha value is -2.95. The van der Waals surface area contributed by atoms with Gasteiger partial charge in [0.25, 0.3) is 0 Å². The van der Waals surface area contributed by atoms with E-state index in [1.807, 2.05) is 0 Å². The maximum Gasteiger partial charge on any atom is 0.338 e. The molecule has 1 aliphatic rings. The molecule has 0 N–H and O–H groups in total. The van der Waals surface area contributed by atoms with Crippen LogP contribution in [0, 0.1) is 0 Å². The predicted octanol–water partition coefficient (Wildman–Crippen LogP) is 2.40. The first kappa shape index (κ1) is 15.0. The highest BCUT2D eigenvalue weighted by Crippen LogP contribution is 2.32. The molecule has 0 radical (unpaired) electrons. The Morgan fingerprint density at radius 3 is 1.65 bits per heavy atom. The number of methoxy groups -OCH3 is 2. The second-order valence-corrected chi connectivity index (χ2v) is 5.17. The van der Waals surface area contributed by atoms with Crippen LogP contribution < -0.4 is 0 Å². The van der Waals surface area contributed by atoms with E-state index >= 15 is 0 Å². The second kappa shape index (κ2) is 5.68. The number of ether oxygens (including phenoxy) is 2. The first-order valence-corrected chi connectivity index (χ1v) is 7.03. The Bertz CT molecular complexity index is 768. The van der Waals surface area contributed by atoms with Crippen molar-refractivity contribution in [3.63, 3.8) is 0 Å². The zero-order valence-corrected chi connectivity index (χ0v) is 12.7. The number of hydrogen-bond donors (Lipinski definition) is 0. The molecule has 3 rings (SSSR count). The minimum atomic E-state index is -0.575. The molecule has 2 aromatic rings. The third-order valence-corrected chi connectivity index (χ3v) is 3.95. The van der Waals surface area contributed by atoms with Crippen molar-refractivity contribution < 1.29 is 23.9 Å². The summed E-state index contributed by atoms with van der Waals surface area (Å²) >= 11 is 0. The van der Waals surface area contributed by atoms with Gasteiger partial charge in [0.05, 0.1) is 25.3 Å². The maximum atomic E-state index is 13.0. The Morgan fingerprint density at radius 2 is 1.26 bits per heavy atom. The minimum Gasteiger partial charge on any atom is -0.465 e. The van der Waals surface area contributed by atoms with E-state index in [0.717, 1.165) is 11.1 Å². The number of esters is 2. The van der Waals surface area contributed by atoms with Crippen molar-refractivity contribution in [2.24, 2.45) is 0 Å². The fourth-order valence-electron chi connectivity index (χ4n) is 2.92. The molecule has 23 heavy (non-hydrogen) atoms. The van der Waals surface area contributed by atoms with E-state index < -0.39 is 11.9 Å². The van der Waals surface area contributed by atoms with Crippen molar-refractivity contribution in [2.75, 3.05) is 14.2 Å². The normalized spacial score (nSPS) is 12.2. The van der Waals surface area contributed by atoms with Crippen LogP contribution in [0.15, 0.2) is 36.4 Å². The number of rotatable bonds is 2. The molecule has 0 fully saturated rings. The lowest BCUT2D eigenvalue weighted by molar-refractivity contribution is 0.0592. The highest BCUT2D eigenvalue weighted by molar-refractivity contribution is 6.20. The fourth-order valence-corrected chi connectivity index (χ4v) is 2.92. The molecule has 2 aromatic carbocycles. The number of fused-ring (bicyclic) bond motifs is 2. The van der Waals surface area contributed by atoms with Gasteiger partial charge in [0.2, 0.25) is 0 Å². The van der Waals surface area contributed by atoms with E-state index in [4.69, 9.17) is 9.47 Å². The molecule has 0 aromatic heterocycles. The molecule has 0 bridgehead atoms. The average Bonchev–Trinajstić information content (AvgIpc) is 2.59. The first-order chi connectivity index (χ1) is 11.1. The van der Waals surface area contributed by atoms with Gasteiger partial charge in [-0.25, -0.2) is 9.59 Å². The number of benzene rings is 2. The molecular formula is C18H14O5. The molecule has 0 unspecified atom stereocenters. The van der Waals surface area contributed by atoms with Crippen LogP contribution in [0.5, 0.6) is 0 Å². The van der Waals surface area contributed by atoms with Gasteiger partial charge in [-0.1, -0.05) is 24.3 Å². The SMILES string of the molecule is COC(=O)c1cccc2c1C(=O)c1c(cccc1C(=O)OC)C2. The van der Waals surface area contributed by atoms with Crippen molar-refractivity contribution in [3.05, 3.63) is 69.8 Å². The van der Waals surface area contributed by atoms with E-state index in [2.05, 4.69) is 0 Å². The second-order valence-electron chi connectivity index (χ2n) is 5.17. The number of hydrogen-bond acceptors (Lipinski definition) is 5. The van der Waals surface area contributed by atoms with Crippen LogP contribution in [0.25, 0.3) is 0 Å². The fraction of sp³-hybridized carbons (Fsp3) is 0.167. The van der Waals surface area contributed by atoms with Crippen LogP contribution in [0.4, 0.5) is 0 Å². The van der Waals surface area contributed by atoms with Gasteiger partial charge in [-0.3, -0.25) is 4.79 Å². The van der Waals surface area contributed by atoms with E-state index in [-0.39, 0.29) is 16.9 Å². The summed E-state index contributed by atoms with van der Waals surface area (Å²) in [4.78, 5) is 36.9. The Kier molecular flexibility index (Phi) is 3.70. The Labute approximate surface area is 132 Å². The van der Waals surface area contributed by atoms with Gasteiger partial charge >= 0.3 is 11.9 Å². The largest absolute Gasteiger partial charge is 0.465 e. The number of ketones is 1. The summed E-state index contributed by atoms with van der Waals surface area (Å²) in [5, 5.41) is 0. The number of carbonyl (C=O) groups excluding carboxylic acids is 3. The predicted molar refractivity (Wildman–Crippen MR) is 81.8 cm³/mol. The summed E-state index contributed by atoms with van der Waals surface area (Å²) < 4.78 is 9.51. The summed E-state index contributed by atoms with van der Waals surface area (Å²) in [6.07, 6.45) is 0.464. The molecule has 0 heterocycles. The molecule has 0 amide bonds. The molecule has 5 heteroatoms. The summed E-state index contributed by atoms with van der Waals surface area (Å²) in [5.41, 5.74) is 2.49. The van der Waals surface area contributed by atoms with Crippen LogP contribution in [0.2, 0.25) is 0 Å². The van der Waals surface area contributed by atoms with Crippen LogP contribution in [0.1, 0.15) is 47.8 Å². The standard InChI is InChI=1S/C18H14O5/c1-22-17(20)12-7-3-5-10-9-11-6-4-8-13(18(21)23-2)15(11)16(19)14(10)12/h3-8H,9H2,1-2H3. The van der Waals surface area contributed by atoms with Gasteiger partial charge in [0.15, 0.2) is 5.78 Å². The highest BCUT2D eigenvalue weighted by Gasteiger charge is 2.31. The van der Waals surface area contributed by atoms with E-state index in [0.29, 0.717) is 17.5 Å². The molecule has 0 aliphatic heterocycles. The maximum absolute atomic E-state index is 13.0. The van der Waals surface area contributed by atoms with E-state index in [1.165, 1.54) is 14.2 Å². The zero-order chi connectivity index (χ0) is 16.6. The van der Waals surface area contributed by atoms with Crippen molar-refractivity contribution in [1.82, 2.24) is 0 Å². The molecule has 1 aliphatic carbocycles. The lowest BCUT2D eigenvalue weighted by Gasteiger charge is -2.22. The highest BCUT2D eigenvalue weighted by atomic mass is 16.5. The van der Waals surface area contributed by atoms with Gasteiger partial charge in [-0.2, -0.15) is 0 Å². The lowest BCUT2D eigenvalue weighted by atomic mass is 9.80. The molecule has 0 spiro atoms. The summed E-state index contributed by atoms with van der Waals surface area (Å²) in [7, 11) is 2.53.